The molecule has 0 aliphatic carbocycles. The number of aromatic nitrogens is 3. The number of hydrogen-bond donors (Lipinski definition) is 0. The molecule has 0 atom stereocenters. The van der Waals surface area contributed by atoms with Crippen LogP contribution in [-0.4, -0.2) is 33.8 Å². The molecule has 0 bridgehead atoms. The third-order valence-corrected chi connectivity index (χ3v) is 3.26. The Hall–Kier alpha value is -1.82. The largest absolute Gasteiger partial charge is 0.464 e. The van der Waals surface area contributed by atoms with Crippen LogP contribution in [0.2, 0.25) is 0 Å². The smallest absolute Gasteiger partial charge is 0.360 e. The lowest BCUT2D eigenvalue weighted by atomic mass is 10.4. The summed E-state index contributed by atoms with van der Waals surface area (Å²) < 4.78 is 6.20. The molecule has 6 heteroatoms. The Bertz CT molecular complexity index is 513. The van der Waals surface area contributed by atoms with E-state index in [0.717, 1.165) is 5.75 Å². The van der Waals surface area contributed by atoms with Crippen LogP contribution in [0.15, 0.2) is 41.4 Å². The number of nitrogens with zero attached hydrogens (tertiary/aromatic N) is 3. The van der Waals surface area contributed by atoms with Crippen molar-refractivity contribution in [2.75, 3.05) is 12.9 Å². The van der Waals surface area contributed by atoms with E-state index >= 15 is 0 Å². The number of benzene rings is 1. The van der Waals surface area contributed by atoms with E-state index in [4.69, 9.17) is 0 Å². The molecule has 1 aromatic heterocycles. The maximum Gasteiger partial charge on any atom is 0.360 e. The fourth-order valence-electron chi connectivity index (χ4n) is 1.38. The summed E-state index contributed by atoms with van der Waals surface area (Å²) in [4.78, 5) is 12.4. The molecule has 0 amide bonds. The van der Waals surface area contributed by atoms with Gasteiger partial charge >= 0.3 is 5.97 Å². The predicted molar refractivity (Wildman–Crippen MR) is 68.5 cm³/mol. The van der Waals surface area contributed by atoms with Crippen molar-refractivity contribution in [1.29, 1.82) is 0 Å². The zero-order chi connectivity index (χ0) is 12.8. The van der Waals surface area contributed by atoms with Crippen molar-refractivity contribution >= 4 is 17.7 Å². The van der Waals surface area contributed by atoms with Gasteiger partial charge in [0.15, 0.2) is 5.69 Å². The predicted octanol–water partition coefficient (Wildman–Crippen LogP) is 1.86. The van der Waals surface area contributed by atoms with Crippen LogP contribution in [0.25, 0.3) is 0 Å². The average molecular weight is 263 g/mol. The van der Waals surface area contributed by atoms with Gasteiger partial charge in [0.05, 0.1) is 19.9 Å². The van der Waals surface area contributed by atoms with Gasteiger partial charge in [-0.15, -0.1) is 16.9 Å². The van der Waals surface area contributed by atoms with Crippen molar-refractivity contribution in [2.24, 2.45) is 0 Å². The van der Waals surface area contributed by atoms with Gasteiger partial charge in [0.2, 0.25) is 0 Å². The maximum atomic E-state index is 11.2. The highest BCUT2D eigenvalue weighted by Crippen LogP contribution is 2.16. The van der Waals surface area contributed by atoms with Crippen molar-refractivity contribution in [3.05, 3.63) is 42.2 Å². The Kier molecular flexibility index (Phi) is 4.35. The second-order valence-corrected chi connectivity index (χ2v) is 4.69. The average Bonchev–Trinajstić information content (AvgIpc) is 2.88. The Morgan fingerprint density at radius 1 is 1.39 bits per heavy atom. The molecule has 2 aromatic rings. The summed E-state index contributed by atoms with van der Waals surface area (Å²) in [5, 5.41) is 7.61. The SMILES string of the molecule is COC(=O)c1cn(CCSc2ccccc2)nn1. The first kappa shape index (κ1) is 12.6. The second kappa shape index (κ2) is 6.20. The van der Waals surface area contributed by atoms with Crippen molar-refractivity contribution in [3.63, 3.8) is 0 Å². The molecule has 0 unspecified atom stereocenters. The molecule has 0 radical (unpaired) electrons. The lowest BCUT2D eigenvalue weighted by Crippen LogP contribution is -2.02. The van der Waals surface area contributed by atoms with Crippen LogP contribution in [-0.2, 0) is 11.3 Å². The molecule has 2 rings (SSSR count). The lowest BCUT2D eigenvalue weighted by molar-refractivity contribution is 0.0594. The molecule has 0 fully saturated rings. The summed E-state index contributed by atoms with van der Waals surface area (Å²) >= 11 is 1.73. The van der Waals surface area contributed by atoms with Crippen LogP contribution in [0.1, 0.15) is 10.5 Å². The molecular formula is C12H13N3O2S. The molecule has 0 saturated carbocycles. The number of carbonyl (C=O) groups excluding carboxylic acids is 1. The van der Waals surface area contributed by atoms with Gasteiger partial charge in [-0.25, -0.2) is 4.79 Å². The standard InChI is InChI=1S/C12H13N3O2S/c1-17-12(16)11-9-15(14-13-11)7-8-18-10-5-3-2-4-6-10/h2-6,9H,7-8H2,1H3. The second-order valence-electron chi connectivity index (χ2n) is 3.52. The van der Waals surface area contributed by atoms with Crippen molar-refractivity contribution in [2.45, 2.75) is 11.4 Å². The van der Waals surface area contributed by atoms with Gasteiger partial charge in [-0.2, -0.15) is 0 Å². The van der Waals surface area contributed by atoms with E-state index in [1.54, 1.807) is 22.6 Å². The number of carbonyl (C=O) groups is 1. The van der Waals surface area contributed by atoms with Gasteiger partial charge in [-0.3, -0.25) is 4.68 Å². The number of methoxy groups -OCH3 is 1. The Morgan fingerprint density at radius 3 is 2.89 bits per heavy atom. The molecule has 0 aliphatic heterocycles. The fraction of sp³-hybridized carbons (Fsp3) is 0.250. The number of hydrogen-bond acceptors (Lipinski definition) is 5. The van der Waals surface area contributed by atoms with E-state index in [0.29, 0.717) is 6.54 Å². The fourth-order valence-corrected chi connectivity index (χ4v) is 2.24. The summed E-state index contributed by atoms with van der Waals surface area (Å²) in [7, 11) is 1.33. The zero-order valence-electron chi connectivity index (χ0n) is 9.94. The first-order valence-corrected chi connectivity index (χ1v) is 6.44. The number of rotatable bonds is 5. The number of aryl methyl sites for hydroxylation is 1. The molecule has 1 aromatic carbocycles. The first-order chi connectivity index (χ1) is 8.79. The summed E-state index contributed by atoms with van der Waals surface area (Å²) in [5.74, 6) is 0.408. The Balaban J connectivity index is 1.84. The maximum absolute atomic E-state index is 11.2. The van der Waals surface area contributed by atoms with E-state index in [1.807, 2.05) is 18.2 Å². The van der Waals surface area contributed by atoms with Crippen molar-refractivity contribution in [1.82, 2.24) is 15.0 Å². The van der Waals surface area contributed by atoms with Crippen molar-refractivity contribution < 1.29 is 9.53 Å². The molecule has 0 spiro atoms. The molecule has 5 nitrogen and oxygen atoms in total. The minimum Gasteiger partial charge on any atom is -0.464 e. The first-order valence-electron chi connectivity index (χ1n) is 5.46. The van der Waals surface area contributed by atoms with Gasteiger partial charge < -0.3 is 4.74 Å². The molecule has 0 saturated heterocycles. The molecule has 18 heavy (non-hydrogen) atoms. The highest BCUT2D eigenvalue weighted by atomic mass is 32.2. The van der Waals surface area contributed by atoms with E-state index < -0.39 is 5.97 Å². The number of thioether (sulfide) groups is 1. The number of esters is 1. The molecule has 0 aliphatic rings. The van der Waals surface area contributed by atoms with Crippen LogP contribution in [0, 0.1) is 0 Å². The summed E-state index contributed by atoms with van der Waals surface area (Å²) in [6.45, 7) is 0.698. The normalized spacial score (nSPS) is 10.3. The van der Waals surface area contributed by atoms with Gasteiger partial charge in [-0.05, 0) is 12.1 Å². The molecule has 1 heterocycles. The third kappa shape index (κ3) is 3.33. The van der Waals surface area contributed by atoms with E-state index in [2.05, 4.69) is 27.2 Å². The van der Waals surface area contributed by atoms with Crippen molar-refractivity contribution in [3.8, 4) is 0 Å². The lowest BCUT2D eigenvalue weighted by Gasteiger charge is -2.00. The summed E-state index contributed by atoms with van der Waals surface area (Å²) in [6.07, 6.45) is 1.59. The van der Waals surface area contributed by atoms with E-state index in [-0.39, 0.29) is 5.69 Å². The summed E-state index contributed by atoms with van der Waals surface area (Å²) in [6, 6.07) is 10.1. The van der Waals surface area contributed by atoms with Crippen LogP contribution in [0.4, 0.5) is 0 Å². The minimum absolute atomic E-state index is 0.238. The minimum atomic E-state index is -0.461. The Morgan fingerprint density at radius 2 is 2.17 bits per heavy atom. The van der Waals surface area contributed by atoms with Crippen LogP contribution in [0.5, 0.6) is 0 Å². The van der Waals surface area contributed by atoms with Gasteiger partial charge in [0.1, 0.15) is 0 Å². The molecule has 94 valence electrons. The monoisotopic (exact) mass is 263 g/mol. The van der Waals surface area contributed by atoms with Gasteiger partial charge in [0.25, 0.3) is 0 Å². The Labute approximate surface area is 109 Å². The molecule has 0 N–H and O–H groups in total. The molecular weight excluding hydrogens is 250 g/mol. The van der Waals surface area contributed by atoms with Crippen LogP contribution < -0.4 is 0 Å². The highest BCUT2D eigenvalue weighted by molar-refractivity contribution is 7.99. The van der Waals surface area contributed by atoms with Crippen LogP contribution >= 0.6 is 11.8 Å². The van der Waals surface area contributed by atoms with Crippen LogP contribution in [0.3, 0.4) is 0 Å². The van der Waals surface area contributed by atoms with E-state index in [9.17, 15) is 4.79 Å². The van der Waals surface area contributed by atoms with Gasteiger partial charge in [0, 0.05) is 10.6 Å². The summed E-state index contributed by atoms with van der Waals surface area (Å²) in [5.41, 5.74) is 0.238. The van der Waals surface area contributed by atoms with Gasteiger partial charge in [-0.1, -0.05) is 23.4 Å². The van der Waals surface area contributed by atoms with E-state index in [1.165, 1.54) is 12.0 Å². The topological polar surface area (TPSA) is 57.0 Å². The number of ether oxygens (including phenoxy) is 1. The quantitative estimate of drug-likeness (QED) is 0.608. The third-order valence-electron chi connectivity index (χ3n) is 2.27. The zero-order valence-corrected chi connectivity index (χ0v) is 10.8. The highest BCUT2D eigenvalue weighted by Gasteiger charge is 2.09.